The third kappa shape index (κ3) is 4.34. The van der Waals surface area contributed by atoms with E-state index in [0.29, 0.717) is 28.7 Å². The molecule has 1 N–H and O–H groups in total. The Hall–Kier alpha value is -3.09. The van der Waals surface area contributed by atoms with E-state index in [-0.39, 0.29) is 18.6 Å². The Morgan fingerprint density at radius 2 is 2.21 bits per heavy atom. The standard InChI is InChI=1S/C22H25N3O4/c1-12(9-16-5-6-16)17-7-8-18-19(10-17)28-22(24-18)20-14(3)21(25-29-20)27-11-13(2)23-15(4)26/h7-8,10,13,16H,1,5-6,9,11H2,2-4H3,(H,23,26)/t13-/m0/s1. The van der Waals surface area contributed by atoms with E-state index in [4.69, 9.17) is 13.7 Å². The van der Waals surface area contributed by atoms with Crippen LogP contribution in [0.5, 0.6) is 5.88 Å². The van der Waals surface area contributed by atoms with Crippen LogP contribution < -0.4 is 10.1 Å². The molecule has 1 fully saturated rings. The summed E-state index contributed by atoms with van der Waals surface area (Å²) in [5.41, 5.74) is 4.35. The minimum atomic E-state index is -0.140. The maximum Gasteiger partial charge on any atom is 0.267 e. The highest BCUT2D eigenvalue weighted by atomic mass is 16.5. The van der Waals surface area contributed by atoms with E-state index in [1.807, 2.05) is 32.0 Å². The highest BCUT2D eigenvalue weighted by molar-refractivity contribution is 5.81. The monoisotopic (exact) mass is 395 g/mol. The Morgan fingerprint density at radius 3 is 2.93 bits per heavy atom. The Bertz CT molecular complexity index is 1060. The van der Waals surface area contributed by atoms with Crippen LogP contribution in [-0.2, 0) is 4.79 Å². The number of oxazole rings is 1. The van der Waals surface area contributed by atoms with Gasteiger partial charge >= 0.3 is 0 Å². The van der Waals surface area contributed by atoms with Crippen molar-refractivity contribution in [1.29, 1.82) is 0 Å². The number of benzene rings is 1. The van der Waals surface area contributed by atoms with E-state index in [0.717, 1.165) is 29.0 Å². The largest absolute Gasteiger partial charge is 0.473 e. The molecule has 0 saturated heterocycles. The van der Waals surface area contributed by atoms with Crippen molar-refractivity contribution in [3.8, 4) is 17.5 Å². The van der Waals surface area contributed by atoms with E-state index in [1.54, 1.807) is 0 Å². The van der Waals surface area contributed by atoms with Gasteiger partial charge in [-0.15, -0.1) is 0 Å². The highest BCUT2D eigenvalue weighted by Crippen LogP contribution is 2.38. The van der Waals surface area contributed by atoms with Crippen molar-refractivity contribution >= 4 is 22.6 Å². The van der Waals surface area contributed by atoms with Gasteiger partial charge in [-0.2, -0.15) is 0 Å². The molecule has 1 amide bonds. The fraction of sp³-hybridized carbons (Fsp3) is 0.409. The first-order valence-electron chi connectivity index (χ1n) is 9.86. The summed E-state index contributed by atoms with van der Waals surface area (Å²) in [6.07, 6.45) is 3.63. The van der Waals surface area contributed by atoms with Gasteiger partial charge in [-0.1, -0.05) is 12.6 Å². The third-order valence-corrected chi connectivity index (χ3v) is 5.02. The Balaban J connectivity index is 1.51. The molecule has 1 aromatic carbocycles. The first-order chi connectivity index (χ1) is 13.9. The zero-order valence-electron chi connectivity index (χ0n) is 16.9. The van der Waals surface area contributed by atoms with Crippen molar-refractivity contribution in [2.45, 2.75) is 46.1 Å². The van der Waals surface area contributed by atoms with Gasteiger partial charge < -0.3 is 19.0 Å². The summed E-state index contributed by atoms with van der Waals surface area (Å²) in [6, 6.07) is 5.81. The fourth-order valence-corrected chi connectivity index (χ4v) is 3.28. The molecule has 29 heavy (non-hydrogen) atoms. The van der Waals surface area contributed by atoms with Crippen LogP contribution in [-0.4, -0.2) is 28.7 Å². The number of carbonyl (C=O) groups excluding carboxylic acids is 1. The number of hydrogen-bond acceptors (Lipinski definition) is 6. The molecule has 7 nitrogen and oxygen atoms in total. The van der Waals surface area contributed by atoms with E-state index >= 15 is 0 Å². The molecule has 2 aromatic heterocycles. The van der Waals surface area contributed by atoms with Crippen LogP contribution in [0, 0.1) is 12.8 Å². The van der Waals surface area contributed by atoms with E-state index in [2.05, 4.69) is 22.0 Å². The second-order valence-electron chi connectivity index (χ2n) is 7.81. The van der Waals surface area contributed by atoms with Crippen LogP contribution >= 0.6 is 0 Å². The molecule has 2 heterocycles. The number of carbonyl (C=O) groups is 1. The van der Waals surface area contributed by atoms with E-state index in [1.165, 1.54) is 19.8 Å². The summed E-state index contributed by atoms with van der Waals surface area (Å²) in [6.45, 7) is 9.66. The molecule has 0 radical (unpaired) electrons. The summed E-state index contributed by atoms with van der Waals surface area (Å²) in [4.78, 5) is 15.6. The van der Waals surface area contributed by atoms with Crippen LogP contribution in [0.15, 0.2) is 33.7 Å². The molecule has 4 rings (SSSR count). The number of nitrogens with one attached hydrogen (secondary N) is 1. The fourth-order valence-electron chi connectivity index (χ4n) is 3.28. The molecule has 7 heteroatoms. The van der Waals surface area contributed by atoms with Gasteiger partial charge in [-0.25, -0.2) is 4.98 Å². The zero-order chi connectivity index (χ0) is 20.5. The number of rotatable bonds is 8. The minimum absolute atomic E-state index is 0.107. The molecule has 0 aliphatic heterocycles. The number of hydrogen-bond donors (Lipinski definition) is 1. The highest BCUT2D eigenvalue weighted by Gasteiger charge is 2.23. The van der Waals surface area contributed by atoms with E-state index < -0.39 is 0 Å². The molecule has 152 valence electrons. The van der Waals surface area contributed by atoms with Gasteiger partial charge in [0.25, 0.3) is 11.8 Å². The lowest BCUT2D eigenvalue weighted by atomic mass is 10.0. The average Bonchev–Trinajstić information content (AvgIpc) is 3.25. The van der Waals surface area contributed by atoms with Gasteiger partial charge in [0.15, 0.2) is 5.58 Å². The van der Waals surface area contributed by atoms with E-state index in [9.17, 15) is 4.79 Å². The molecule has 0 bridgehead atoms. The smallest absolute Gasteiger partial charge is 0.267 e. The lowest BCUT2D eigenvalue weighted by Crippen LogP contribution is -2.35. The molecule has 1 aliphatic rings. The number of nitrogens with zero attached hydrogens (tertiary/aromatic N) is 2. The maximum absolute atomic E-state index is 11.1. The van der Waals surface area contributed by atoms with Crippen LogP contribution in [0.3, 0.4) is 0 Å². The molecule has 3 aromatic rings. The number of allylic oxidation sites excluding steroid dienone is 1. The first-order valence-corrected chi connectivity index (χ1v) is 9.86. The Labute approximate surface area is 169 Å². The van der Waals surface area contributed by atoms with Crippen molar-refractivity contribution < 1.29 is 18.5 Å². The summed E-state index contributed by atoms with van der Waals surface area (Å²) in [7, 11) is 0. The first kappa shape index (κ1) is 19.2. The molecule has 0 spiro atoms. The topological polar surface area (TPSA) is 90.4 Å². The summed E-state index contributed by atoms with van der Waals surface area (Å²) in [5, 5.41) is 6.73. The lowest BCUT2D eigenvalue weighted by Gasteiger charge is -2.12. The zero-order valence-corrected chi connectivity index (χ0v) is 16.9. The van der Waals surface area contributed by atoms with Crippen molar-refractivity contribution in [1.82, 2.24) is 15.5 Å². The third-order valence-electron chi connectivity index (χ3n) is 5.02. The predicted molar refractivity (Wildman–Crippen MR) is 109 cm³/mol. The van der Waals surface area contributed by atoms with Gasteiger partial charge in [-0.3, -0.25) is 4.79 Å². The molecule has 1 atom stereocenters. The minimum Gasteiger partial charge on any atom is -0.473 e. The number of ether oxygens (including phenoxy) is 1. The van der Waals surface area contributed by atoms with Gasteiger partial charge in [0.1, 0.15) is 12.1 Å². The van der Waals surface area contributed by atoms with Crippen LogP contribution in [0.1, 0.15) is 44.2 Å². The van der Waals surface area contributed by atoms with Crippen molar-refractivity contribution in [2.24, 2.45) is 5.92 Å². The maximum atomic E-state index is 11.1. The number of amides is 1. The van der Waals surface area contributed by atoms with Gasteiger partial charge in [0, 0.05) is 6.92 Å². The predicted octanol–water partition coefficient (Wildman–Crippen LogP) is 4.51. The average molecular weight is 395 g/mol. The van der Waals surface area contributed by atoms with Gasteiger partial charge in [-0.05, 0) is 67.5 Å². The Morgan fingerprint density at radius 1 is 1.41 bits per heavy atom. The van der Waals surface area contributed by atoms with Crippen molar-refractivity contribution in [2.75, 3.05) is 6.61 Å². The molecular weight excluding hydrogens is 370 g/mol. The quantitative estimate of drug-likeness (QED) is 0.604. The van der Waals surface area contributed by atoms with Crippen molar-refractivity contribution in [3.05, 3.63) is 35.9 Å². The molecular formula is C22H25N3O4. The molecule has 1 aliphatic carbocycles. The summed E-state index contributed by atoms with van der Waals surface area (Å²) in [5.74, 6) is 1.83. The molecule has 1 saturated carbocycles. The normalized spacial score (nSPS) is 14.7. The van der Waals surface area contributed by atoms with Gasteiger partial charge in [0.2, 0.25) is 11.7 Å². The second kappa shape index (κ2) is 7.73. The molecule has 0 unspecified atom stereocenters. The van der Waals surface area contributed by atoms with Crippen molar-refractivity contribution in [3.63, 3.8) is 0 Å². The number of fused-ring (bicyclic) bond motifs is 1. The van der Waals surface area contributed by atoms with Crippen LogP contribution in [0.2, 0.25) is 0 Å². The summed E-state index contributed by atoms with van der Waals surface area (Å²) < 4.78 is 17.0. The van der Waals surface area contributed by atoms with Gasteiger partial charge in [0.05, 0.1) is 11.6 Å². The second-order valence-corrected chi connectivity index (χ2v) is 7.81. The Kier molecular flexibility index (Phi) is 5.13. The van der Waals surface area contributed by atoms with Crippen LogP contribution in [0.25, 0.3) is 28.3 Å². The van der Waals surface area contributed by atoms with Crippen LogP contribution in [0.4, 0.5) is 0 Å². The summed E-state index contributed by atoms with van der Waals surface area (Å²) >= 11 is 0. The number of aromatic nitrogens is 2. The lowest BCUT2D eigenvalue weighted by molar-refractivity contribution is -0.119. The SMILES string of the molecule is C=C(CC1CC1)c1ccc2nc(-c3onc(OC[C@H](C)NC(C)=O)c3C)oc2c1.